The van der Waals surface area contributed by atoms with Crippen LogP contribution in [0.5, 0.6) is 0 Å². The molecule has 0 saturated carbocycles. The van der Waals surface area contributed by atoms with Gasteiger partial charge in [-0.15, -0.1) is 0 Å². The van der Waals surface area contributed by atoms with Crippen LogP contribution in [-0.2, 0) is 0 Å². The molecule has 0 radical (unpaired) electrons. The summed E-state index contributed by atoms with van der Waals surface area (Å²) in [7, 11) is -0.778. The van der Waals surface area contributed by atoms with E-state index < -0.39 is 8.07 Å². The van der Waals surface area contributed by atoms with Crippen molar-refractivity contribution in [2.45, 2.75) is 200 Å². The summed E-state index contributed by atoms with van der Waals surface area (Å²) in [5.41, 5.74) is 0. The molecule has 0 heterocycles. The predicted octanol–water partition coefficient (Wildman–Crippen LogP) is 12.5. The van der Waals surface area contributed by atoms with Gasteiger partial charge in [0.1, 0.15) is 0 Å². The van der Waals surface area contributed by atoms with Gasteiger partial charge in [0.2, 0.25) is 0 Å². The van der Waals surface area contributed by atoms with Crippen LogP contribution in [0, 0.1) is 0 Å². The Kier molecular flexibility index (Phi) is 26.0. The second kappa shape index (κ2) is 25.8. The SMILES string of the molecule is CCCCCCCCCCCCCCCCCCCCCCCCCCCC[Si](C)(C)C. The van der Waals surface area contributed by atoms with E-state index in [0.29, 0.717) is 0 Å². The van der Waals surface area contributed by atoms with Crippen LogP contribution in [0.2, 0.25) is 25.7 Å². The van der Waals surface area contributed by atoms with Gasteiger partial charge in [0, 0.05) is 8.07 Å². The van der Waals surface area contributed by atoms with E-state index in [-0.39, 0.29) is 0 Å². The standard InChI is InChI=1S/C31H66Si/c1-5-6-7-8-9-10-11-12-13-14-15-16-17-18-19-20-21-22-23-24-25-26-27-28-29-30-31-32(2,3)4/h5-31H2,1-4H3. The number of hydrogen-bond acceptors (Lipinski definition) is 0. The molecule has 0 unspecified atom stereocenters. The van der Waals surface area contributed by atoms with Gasteiger partial charge in [-0.25, -0.2) is 0 Å². The molecule has 0 nitrogen and oxygen atoms in total. The van der Waals surface area contributed by atoms with Crippen LogP contribution >= 0.6 is 0 Å². The fourth-order valence-electron chi connectivity index (χ4n) is 4.97. The Bertz CT molecular complexity index is 330. The lowest BCUT2D eigenvalue weighted by Crippen LogP contribution is -2.18. The lowest BCUT2D eigenvalue weighted by Gasteiger charge is -2.14. The van der Waals surface area contributed by atoms with E-state index in [0.717, 1.165) is 0 Å². The zero-order chi connectivity index (χ0) is 23.6. The number of unbranched alkanes of at least 4 members (excludes halogenated alkanes) is 25. The fraction of sp³-hybridized carbons (Fsp3) is 1.00. The lowest BCUT2D eigenvalue weighted by molar-refractivity contribution is 0.516. The molecule has 194 valence electrons. The van der Waals surface area contributed by atoms with Crippen LogP contribution < -0.4 is 0 Å². The minimum atomic E-state index is -0.778. The zero-order valence-electron chi connectivity index (χ0n) is 23.6. The minimum absolute atomic E-state index is 0.778. The highest BCUT2D eigenvalue weighted by atomic mass is 28.3. The molecule has 0 aliphatic carbocycles. The maximum atomic E-state index is 2.51. The molecule has 0 saturated heterocycles. The third kappa shape index (κ3) is 30.2. The molecule has 32 heavy (non-hydrogen) atoms. The zero-order valence-corrected chi connectivity index (χ0v) is 24.6. The first-order chi connectivity index (χ1) is 15.6. The summed E-state index contributed by atoms with van der Waals surface area (Å²) in [5.74, 6) is 0. The van der Waals surface area contributed by atoms with Crippen molar-refractivity contribution < 1.29 is 0 Å². The molecule has 0 aliphatic heterocycles. The molecule has 0 amide bonds. The van der Waals surface area contributed by atoms with Gasteiger partial charge in [-0.1, -0.05) is 200 Å². The van der Waals surface area contributed by atoms with E-state index in [2.05, 4.69) is 26.6 Å². The summed E-state index contributed by atoms with van der Waals surface area (Å²) < 4.78 is 0. The van der Waals surface area contributed by atoms with Gasteiger partial charge in [-0.2, -0.15) is 0 Å². The van der Waals surface area contributed by atoms with Crippen molar-refractivity contribution in [1.82, 2.24) is 0 Å². The first kappa shape index (κ1) is 32.2. The molecule has 0 aromatic carbocycles. The van der Waals surface area contributed by atoms with Crippen molar-refractivity contribution in [2.24, 2.45) is 0 Å². The average Bonchev–Trinajstić information content (AvgIpc) is 2.75. The first-order valence-electron chi connectivity index (χ1n) is 15.6. The van der Waals surface area contributed by atoms with Gasteiger partial charge in [0.15, 0.2) is 0 Å². The van der Waals surface area contributed by atoms with Gasteiger partial charge in [0.05, 0.1) is 0 Å². The molecule has 0 aromatic heterocycles. The Hall–Kier alpha value is 0.217. The molecule has 0 aromatic rings. The van der Waals surface area contributed by atoms with Crippen molar-refractivity contribution in [3.05, 3.63) is 0 Å². The number of hydrogen-bond donors (Lipinski definition) is 0. The Morgan fingerprint density at radius 3 is 0.656 bits per heavy atom. The monoisotopic (exact) mass is 466 g/mol. The first-order valence-corrected chi connectivity index (χ1v) is 19.3. The van der Waals surface area contributed by atoms with Crippen LogP contribution in [0.3, 0.4) is 0 Å². The Balaban J connectivity index is 3.02. The van der Waals surface area contributed by atoms with E-state index in [9.17, 15) is 0 Å². The topological polar surface area (TPSA) is 0 Å². The van der Waals surface area contributed by atoms with E-state index in [1.165, 1.54) is 173 Å². The fourth-order valence-corrected chi connectivity index (χ4v) is 6.28. The summed E-state index contributed by atoms with van der Waals surface area (Å²) in [6.45, 7) is 9.83. The summed E-state index contributed by atoms with van der Waals surface area (Å²) in [5, 5.41) is 0. The van der Waals surface area contributed by atoms with E-state index in [4.69, 9.17) is 0 Å². The molecule has 0 bridgehead atoms. The molecule has 1 heteroatoms. The third-order valence-electron chi connectivity index (χ3n) is 7.28. The maximum absolute atomic E-state index is 2.51. The van der Waals surface area contributed by atoms with Crippen LogP contribution in [0.4, 0.5) is 0 Å². The highest BCUT2D eigenvalue weighted by Gasteiger charge is 2.11. The van der Waals surface area contributed by atoms with Crippen LogP contribution in [0.25, 0.3) is 0 Å². The van der Waals surface area contributed by atoms with Crippen molar-refractivity contribution in [3.8, 4) is 0 Å². The number of rotatable bonds is 27. The second-order valence-electron chi connectivity index (χ2n) is 12.1. The maximum Gasteiger partial charge on any atom is 0.0442 e. The molecular weight excluding hydrogens is 400 g/mol. The molecule has 0 aliphatic rings. The highest BCUT2D eigenvalue weighted by Crippen LogP contribution is 2.17. The smallest absolute Gasteiger partial charge is 0.0442 e. The Labute approximate surface area is 207 Å². The largest absolute Gasteiger partial charge is 0.0695 e. The Morgan fingerprint density at radius 2 is 0.469 bits per heavy atom. The van der Waals surface area contributed by atoms with Crippen LogP contribution in [-0.4, -0.2) is 8.07 Å². The summed E-state index contributed by atoms with van der Waals surface area (Å²) in [6.07, 6.45) is 38.6. The normalized spacial score (nSPS) is 12.0. The molecule has 0 rings (SSSR count). The molecular formula is C31H66Si. The van der Waals surface area contributed by atoms with Crippen LogP contribution in [0.1, 0.15) is 174 Å². The van der Waals surface area contributed by atoms with Crippen molar-refractivity contribution >= 4 is 8.07 Å². The van der Waals surface area contributed by atoms with E-state index in [1.54, 1.807) is 0 Å². The molecule has 0 spiro atoms. The van der Waals surface area contributed by atoms with Gasteiger partial charge < -0.3 is 0 Å². The van der Waals surface area contributed by atoms with Gasteiger partial charge >= 0.3 is 0 Å². The van der Waals surface area contributed by atoms with Crippen LogP contribution in [0.15, 0.2) is 0 Å². The summed E-state index contributed by atoms with van der Waals surface area (Å²) in [6, 6.07) is 1.53. The quantitative estimate of drug-likeness (QED) is 0.0833. The average molecular weight is 467 g/mol. The third-order valence-corrected chi connectivity index (χ3v) is 9.13. The van der Waals surface area contributed by atoms with Gasteiger partial charge in [-0.3, -0.25) is 0 Å². The van der Waals surface area contributed by atoms with Crippen molar-refractivity contribution in [2.75, 3.05) is 0 Å². The second-order valence-corrected chi connectivity index (χ2v) is 17.8. The highest BCUT2D eigenvalue weighted by molar-refractivity contribution is 6.76. The molecule has 0 fully saturated rings. The lowest BCUT2D eigenvalue weighted by atomic mass is 10.0. The van der Waals surface area contributed by atoms with E-state index in [1.807, 2.05) is 0 Å². The molecule has 0 N–H and O–H groups in total. The molecule has 0 atom stereocenters. The summed E-state index contributed by atoms with van der Waals surface area (Å²) in [4.78, 5) is 0. The minimum Gasteiger partial charge on any atom is -0.0695 e. The Morgan fingerprint density at radius 1 is 0.281 bits per heavy atom. The predicted molar refractivity (Wildman–Crippen MR) is 154 cm³/mol. The van der Waals surface area contributed by atoms with Gasteiger partial charge in [0.25, 0.3) is 0 Å². The van der Waals surface area contributed by atoms with Crippen molar-refractivity contribution in [3.63, 3.8) is 0 Å². The van der Waals surface area contributed by atoms with Gasteiger partial charge in [-0.05, 0) is 0 Å². The van der Waals surface area contributed by atoms with E-state index >= 15 is 0 Å². The van der Waals surface area contributed by atoms with Crippen molar-refractivity contribution in [1.29, 1.82) is 0 Å². The summed E-state index contributed by atoms with van der Waals surface area (Å²) >= 11 is 0.